The van der Waals surface area contributed by atoms with Crippen LogP contribution in [0.15, 0.2) is 72.8 Å². The van der Waals surface area contributed by atoms with E-state index in [1.54, 1.807) is 0 Å². The average Bonchev–Trinajstić information content (AvgIpc) is 3.70. The fourth-order valence-corrected chi connectivity index (χ4v) is 11.5. The van der Waals surface area contributed by atoms with Gasteiger partial charge in [-0.1, -0.05) is 142 Å². The second-order valence-electron chi connectivity index (χ2n) is 19.9. The SMILES string of the molecule is CCCCC.CCCCCC1CCCCC1N(c1cc(C)cc(-c2ccccc2OCCCOc2ccccc2-c2cc(C)cc(N3CC(CC)C4CCCCC43)c2O)c1O)C(C)CC. The molecule has 0 spiro atoms. The number of anilines is 2. The number of aromatic hydroxyl groups is 2. The number of para-hydroxylation sites is 2. The maximum absolute atomic E-state index is 12.2. The molecule has 1 aliphatic heterocycles. The number of ether oxygens (including phenoxy) is 2. The van der Waals surface area contributed by atoms with E-state index in [1.165, 1.54) is 103 Å². The molecule has 0 radical (unpaired) electrons. The Bertz CT molecular complexity index is 2060. The predicted octanol–water partition coefficient (Wildman–Crippen LogP) is 16.2. The van der Waals surface area contributed by atoms with Crippen molar-refractivity contribution in [1.29, 1.82) is 0 Å². The van der Waals surface area contributed by atoms with E-state index in [9.17, 15) is 10.2 Å². The molecule has 6 nitrogen and oxygen atoms in total. The topological polar surface area (TPSA) is 65.4 Å². The second-order valence-corrected chi connectivity index (χ2v) is 19.9. The second kappa shape index (κ2) is 25.0. The molecule has 3 aliphatic rings. The van der Waals surface area contributed by atoms with Crippen LogP contribution in [0, 0.1) is 31.6 Å². The van der Waals surface area contributed by atoms with Crippen molar-refractivity contribution in [2.45, 2.75) is 189 Å². The van der Waals surface area contributed by atoms with Crippen LogP contribution in [0.3, 0.4) is 0 Å². The molecule has 0 aromatic heterocycles. The molecule has 2 N–H and O–H groups in total. The molecule has 1 heterocycles. The fraction of sp³-hybridized carbons (Fsp3) is 0.593. The highest BCUT2D eigenvalue weighted by Gasteiger charge is 2.43. The molecule has 6 heteroatoms. The summed E-state index contributed by atoms with van der Waals surface area (Å²) < 4.78 is 13.0. The number of hydrogen-bond donors (Lipinski definition) is 2. The lowest BCUT2D eigenvalue weighted by atomic mass is 9.79. The predicted molar refractivity (Wildman–Crippen MR) is 276 cm³/mol. The monoisotopic (exact) mass is 887 g/mol. The number of benzene rings is 4. The first-order valence-electron chi connectivity index (χ1n) is 26.3. The van der Waals surface area contributed by atoms with Gasteiger partial charge in [0.1, 0.15) is 23.0 Å². The summed E-state index contributed by atoms with van der Waals surface area (Å²) in [4.78, 5) is 5.13. The normalized spacial score (nSPS) is 21.0. The number of phenolic OH excluding ortho intramolecular Hbond substituents is 2. The van der Waals surface area contributed by atoms with Crippen molar-refractivity contribution < 1.29 is 19.7 Å². The van der Waals surface area contributed by atoms with Gasteiger partial charge in [0.25, 0.3) is 0 Å². The highest BCUT2D eigenvalue weighted by molar-refractivity contribution is 5.84. The Morgan fingerprint density at radius 3 is 1.83 bits per heavy atom. The van der Waals surface area contributed by atoms with Crippen LogP contribution in [0.1, 0.15) is 168 Å². The van der Waals surface area contributed by atoms with Crippen LogP contribution in [-0.4, -0.2) is 48.1 Å². The number of hydrogen-bond acceptors (Lipinski definition) is 6. The van der Waals surface area contributed by atoms with Crippen LogP contribution in [0.4, 0.5) is 11.4 Å². The van der Waals surface area contributed by atoms with E-state index in [-0.39, 0.29) is 0 Å². The summed E-state index contributed by atoms with van der Waals surface area (Å²) in [6.45, 7) is 19.9. The van der Waals surface area contributed by atoms with E-state index in [0.29, 0.717) is 61.1 Å². The Morgan fingerprint density at radius 2 is 1.22 bits per heavy atom. The summed E-state index contributed by atoms with van der Waals surface area (Å²) in [6, 6.07) is 26.1. The van der Waals surface area contributed by atoms with E-state index in [2.05, 4.69) is 102 Å². The van der Waals surface area contributed by atoms with Gasteiger partial charge in [-0.3, -0.25) is 0 Å². The highest BCUT2D eigenvalue weighted by atomic mass is 16.5. The van der Waals surface area contributed by atoms with Gasteiger partial charge in [-0.2, -0.15) is 0 Å². The molecule has 2 saturated carbocycles. The Balaban J connectivity index is 0.00000133. The van der Waals surface area contributed by atoms with E-state index in [0.717, 1.165) is 75.1 Å². The molecule has 356 valence electrons. The van der Waals surface area contributed by atoms with Gasteiger partial charge in [0.15, 0.2) is 0 Å². The van der Waals surface area contributed by atoms with Crippen molar-refractivity contribution in [2.75, 3.05) is 29.6 Å². The van der Waals surface area contributed by atoms with Crippen molar-refractivity contribution in [2.24, 2.45) is 17.8 Å². The number of aryl methyl sites for hydroxylation is 2. The molecule has 3 fully saturated rings. The van der Waals surface area contributed by atoms with E-state index < -0.39 is 0 Å². The summed E-state index contributed by atoms with van der Waals surface area (Å²) in [5, 5.41) is 24.2. The van der Waals surface area contributed by atoms with Gasteiger partial charge in [-0.15, -0.1) is 0 Å². The fourth-order valence-electron chi connectivity index (χ4n) is 11.5. The van der Waals surface area contributed by atoms with Gasteiger partial charge < -0.3 is 29.5 Å². The van der Waals surface area contributed by atoms with E-state index in [1.807, 2.05) is 36.4 Å². The van der Waals surface area contributed by atoms with Gasteiger partial charge in [0.05, 0.1) is 24.6 Å². The maximum Gasteiger partial charge on any atom is 0.146 e. The zero-order valence-corrected chi connectivity index (χ0v) is 41.8. The Labute approximate surface area is 395 Å². The molecular formula is C59H86N2O4. The number of unbranched alkanes of at least 4 members (excludes halogenated alkanes) is 4. The van der Waals surface area contributed by atoms with Crippen LogP contribution in [0.25, 0.3) is 22.3 Å². The summed E-state index contributed by atoms with van der Waals surface area (Å²) in [5.74, 6) is 4.30. The quantitative estimate of drug-likeness (QED) is 0.0862. The lowest BCUT2D eigenvalue weighted by molar-refractivity contribution is 0.248. The molecule has 1 saturated heterocycles. The lowest BCUT2D eigenvalue weighted by Gasteiger charge is -2.45. The van der Waals surface area contributed by atoms with Crippen molar-refractivity contribution in [3.05, 3.63) is 83.9 Å². The smallest absolute Gasteiger partial charge is 0.146 e. The molecule has 0 amide bonds. The Morgan fingerprint density at radius 1 is 0.631 bits per heavy atom. The molecule has 0 bridgehead atoms. The van der Waals surface area contributed by atoms with Crippen LogP contribution in [0.2, 0.25) is 0 Å². The maximum atomic E-state index is 12.2. The lowest BCUT2D eigenvalue weighted by Crippen LogP contribution is -2.47. The Hall–Kier alpha value is -4.32. The minimum absolute atomic E-state index is 0.318. The van der Waals surface area contributed by atoms with Crippen LogP contribution >= 0.6 is 0 Å². The minimum atomic E-state index is 0.318. The molecule has 4 aromatic rings. The molecule has 65 heavy (non-hydrogen) atoms. The van der Waals surface area contributed by atoms with Gasteiger partial charge in [-0.25, -0.2) is 0 Å². The number of phenols is 2. The molecular weight excluding hydrogens is 801 g/mol. The zero-order chi connectivity index (χ0) is 46.3. The third kappa shape index (κ3) is 12.4. The van der Waals surface area contributed by atoms with Crippen molar-refractivity contribution >= 4 is 11.4 Å². The van der Waals surface area contributed by atoms with Gasteiger partial charge in [0, 0.05) is 53.3 Å². The number of nitrogens with zero attached hydrogens (tertiary/aromatic N) is 2. The van der Waals surface area contributed by atoms with Crippen LogP contribution in [-0.2, 0) is 0 Å². The van der Waals surface area contributed by atoms with Crippen LogP contribution in [0.5, 0.6) is 23.0 Å². The first-order valence-corrected chi connectivity index (χ1v) is 26.3. The highest BCUT2D eigenvalue weighted by Crippen LogP contribution is 2.50. The number of fused-ring (bicyclic) bond motifs is 1. The summed E-state index contributed by atoms with van der Waals surface area (Å²) in [6.07, 6.45) is 22.2. The zero-order valence-electron chi connectivity index (χ0n) is 41.8. The first kappa shape index (κ1) is 50.1. The largest absolute Gasteiger partial charge is 0.505 e. The molecule has 6 atom stereocenters. The standard InChI is InChI=1S/C54H74N2O4.C5H12/c1-7-10-11-21-41-22-12-16-26-47(41)56(39(6)8-2)50-35-38(5)33-46(54(50)58)44-25-15-19-29-52(44)60-31-20-30-59-51-28-18-14-24-43(51)45-32-37(4)34-49(53(45)57)55-36-40(9-3)42-23-13-17-27-48(42)55;1-3-5-4-2/h14-15,18-19,24-25,28-29,32-35,39-42,47-48,57-58H,7-13,16-17,20-23,26-27,30-31,36H2,1-6H3;3-5H2,1-2H3. The molecule has 4 aromatic carbocycles. The molecule has 7 rings (SSSR count). The summed E-state index contributed by atoms with van der Waals surface area (Å²) >= 11 is 0. The summed E-state index contributed by atoms with van der Waals surface area (Å²) in [5.41, 5.74) is 7.70. The van der Waals surface area contributed by atoms with Crippen molar-refractivity contribution in [3.8, 4) is 45.3 Å². The minimum Gasteiger partial charge on any atom is -0.505 e. The van der Waals surface area contributed by atoms with Gasteiger partial charge >= 0.3 is 0 Å². The van der Waals surface area contributed by atoms with Crippen molar-refractivity contribution in [3.63, 3.8) is 0 Å². The van der Waals surface area contributed by atoms with Gasteiger partial charge in [0.2, 0.25) is 0 Å². The third-order valence-electron chi connectivity index (χ3n) is 15.1. The average molecular weight is 887 g/mol. The molecule has 6 unspecified atom stereocenters. The van der Waals surface area contributed by atoms with Gasteiger partial charge in [-0.05, 0) is 125 Å². The number of rotatable bonds is 20. The molecule has 2 aliphatic carbocycles. The third-order valence-corrected chi connectivity index (χ3v) is 15.1. The van der Waals surface area contributed by atoms with Crippen molar-refractivity contribution in [1.82, 2.24) is 0 Å². The Kier molecular flexibility index (Phi) is 19.3. The van der Waals surface area contributed by atoms with E-state index in [4.69, 9.17) is 9.47 Å². The first-order chi connectivity index (χ1) is 31.6. The van der Waals surface area contributed by atoms with Crippen LogP contribution < -0.4 is 19.3 Å². The summed E-state index contributed by atoms with van der Waals surface area (Å²) in [7, 11) is 0. The van der Waals surface area contributed by atoms with E-state index >= 15 is 0 Å².